The van der Waals surface area contributed by atoms with Crippen LogP contribution in [0.1, 0.15) is 44.0 Å². The molecule has 1 amide bonds. The van der Waals surface area contributed by atoms with Gasteiger partial charge in [-0.1, -0.05) is 0 Å². The normalized spacial score (nSPS) is 12.8. The number of nitrogens with one attached hydrogen (secondary N) is 1. The van der Waals surface area contributed by atoms with Crippen molar-refractivity contribution in [1.82, 2.24) is 0 Å². The van der Waals surface area contributed by atoms with Crippen LogP contribution in [-0.2, 0) is 27.1 Å². The Labute approximate surface area is 159 Å². The first kappa shape index (κ1) is 18.9. The number of carbonyl (C=O) groups is 3. The molecular formula is C19H19NO6S. The number of benzene rings is 1. The fourth-order valence-electron chi connectivity index (χ4n) is 2.95. The SMILES string of the molecule is COC(=O)c1c(NC(=O)COC(=O)c2ccc(O)cc2)sc2c1CCCC2. The van der Waals surface area contributed by atoms with Gasteiger partial charge in [-0.05, 0) is 55.5 Å². The molecule has 0 fully saturated rings. The molecule has 2 aromatic rings. The van der Waals surface area contributed by atoms with Crippen LogP contribution in [-0.4, -0.2) is 36.7 Å². The summed E-state index contributed by atoms with van der Waals surface area (Å²) in [5, 5.41) is 12.3. The number of hydrogen-bond donors (Lipinski definition) is 2. The highest BCUT2D eigenvalue weighted by molar-refractivity contribution is 7.17. The number of rotatable bonds is 5. The number of aromatic hydroxyl groups is 1. The Bertz CT molecular complexity index is 871. The lowest BCUT2D eigenvalue weighted by Gasteiger charge is -2.11. The van der Waals surface area contributed by atoms with Gasteiger partial charge >= 0.3 is 11.9 Å². The maximum atomic E-state index is 12.2. The molecule has 1 aliphatic carbocycles. The van der Waals surface area contributed by atoms with Crippen molar-refractivity contribution in [2.45, 2.75) is 25.7 Å². The lowest BCUT2D eigenvalue weighted by atomic mass is 9.95. The Hall–Kier alpha value is -2.87. The fraction of sp³-hybridized carbons (Fsp3) is 0.316. The summed E-state index contributed by atoms with van der Waals surface area (Å²) < 4.78 is 9.85. The van der Waals surface area contributed by atoms with Crippen molar-refractivity contribution in [3.8, 4) is 5.75 Å². The van der Waals surface area contributed by atoms with Crippen LogP contribution in [0.4, 0.5) is 5.00 Å². The minimum absolute atomic E-state index is 0.0290. The second-order valence-electron chi connectivity index (χ2n) is 6.08. The molecule has 1 aromatic carbocycles. The van der Waals surface area contributed by atoms with Crippen LogP contribution < -0.4 is 5.32 Å². The summed E-state index contributed by atoms with van der Waals surface area (Å²) in [5.41, 5.74) is 1.56. The Morgan fingerprint density at radius 2 is 1.81 bits per heavy atom. The van der Waals surface area contributed by atoms with Crippen LogP contribution in [0.3, 0.4) is 0 Å². The Morgan fingerprint density at radius 1 is 1.11 bits per heavy atom. The first-order valence-corrected chi connectivity index (χ1v) is 9.30. The maximum absolute atomic E-state index is 12.2. The maximum Gasteiger partial charge on any atom is 0.341 e. The van der Waals surface area contributed by atoms with Gasteiger partial charge in [-0.2, -0.15) is 0 Å². The van der Waals surface area contributed by atoms with E-state index in [1.807, 2.05) is 0 Å². The number of esters is 2. The van der Waals surface area contributed by atoms with Crippen molar-refractivity contribution in [3.63, 3.8) is 0 Å². The van der Waals surface area contributed by atoms with Crippen molar-refractivity contribution in [2.24, 2.45) is 0 Å². The van der Waals surface area contributed by atoms with Crippen LogP contribution >= 0.6 is 11.3 Å². The zero-order valence-corrected chi connectivity index (χ0v) is 15.6. The Morgan fingerprint density at radius 3 is 2.52 bits per heavy atom. The second-order valence-corrected chi connectivity index (χ2v) is 7.18. The molecule has 8 heteroatoms. The minimum atomic E-state index is -0.677. The highest BCUT2D eigenvalue weighted by atomic mass is 32.1. The third-order valence-electron chi connectivity index (χ3n) is 4.25. The predicted octanol–water partition coefficient (Wildman–Crippen LogP) is 2.91. The summed E-state index contributed by atoms with van der Waals surface area (Å²) in [7, 11) is 1.31. The molecular weight excluding hydrogens is 370 g/mol. The average molecular weight is 389 g/mol. The van der Waals surface area contributed by atoms with Gasteiger partial charge in [-0.3, -0.25) is 4.79 Å². The van der Waals surface area contributed by atoms with E-state index >= 15 is 0 Å². The van der Waals surface area contributed by atoms with E-state index in [0.717, 1.165) is 36.1 Å². The van der Waals surface area contributed by atoms with Gasteiger partial charge in [0.1, 0.15) is 10.8 Å². The first-order valence-electron chi connectivity index (χ1n) is 8.48. The third kappa shape index (κ3) is 4.28. The average Bonchev–Trinajstić information content (AvgIpc) is 3.03. The number of anilines is 1. The molecule has 0 atom stereocenters. The largest absolute Gasteiger partial charge is 0.508 e. The van der Waals surface area contributed by atoms with E-state index in [0.29, 0.717) is 10.6 Å². The van der Waals surface area contributed by atoms with Crippen LogP contribution in [0.25, 0.3) is 0 Å². The number of thiophene rings is 1. The minimum Gasteiger partial charge on any atom is -0.508 e. The van der Waals surface area contributed by atoms with E-state index in [4.69, 9.17) is 9.47 Å². The molecule has 7 nitrogen and oxygen atoms in total. The predicted molar refractivity (Wildman–Crippen MR) is 99.3 cm³/mol. The van der Waals surface area contributed by atoms with Gasteiger partial charge in [0.15, 0.2) is 6.61 Å². The highest BCUT2D eigenvalue weighted by Gasteiger charge is 2.27. The van der Waals surface area contributed by atoms with Gasteiger partial charge in [-0.15, -0.1) is 11.3 Å². The van der Waals surface area contributed by atoms with Crippen molar-refractivity contribution in [1.29, 1.82) is 0 Å². The third-order valence-corrected chi connectivity index (χ3v) is 5.46. The molecule has 0 unspecified atom stereocenters. The summed E-state index contributed by atoms with van der Waals surface area (Å²) in [6.07, 6.45) is 3.69. The van der Waals surface area contributed by atoms with Crippen molar-refractivity contribution in [2.75, 3.05) is 19.0 Å². The number of aryl methyl sites for hydroxylation is 1. The van der Waals surface area contributed by atoms with Crippen molar-refractivity contribution < 1.29 is 29.0 Å². The molecule has 0 radical (unpaired) electrons. The number of fused-ring (bicyclic) bond motifs is 1. The van der Waals surface area contributed by atoms with Crippen molar-refractivity contribution >= 4 is 34.2 Å². The number of carbonyl (C=O) groups excluding carboxylic acids is 3. The monoisotopic (exact) mass is 389 g/mol. The molecule has 0 bridgehead atoms. The quantitative estimate of drug-likeness (QED) is 0.763. The number of hydrogen-bond acceptors (Lipinski definition) is 7. The lowest BCUT2D eigenvalue weighted by molar-refractivity contribution is -0.119. The van der Waals surface area contributed by atoms with Crippen LogP contribution in [0.15, 0.2) is 24.3 Å². The second kappa shape index (κ2) is 8.22. The van der Waals surface area contributed by atoms with E-state index in [1.54, 1.807) is 0 Å². The Kier molecular flexibility index (Phi) is 5.75. The van der Waals surface area contributed by atoms with Gasteiger partial charge in [0.2, 0.25) is 0 Å². The van der Waals surface area contributed by atoms with Gasteiger partial charge in [-0.25, -0.2) is 9.59 Å². The molecule has 1 aromatic heterocycles. The number of amides is 1. The molecule has 0 saturated carbocycles. The zero-order chi connectivity index (χ0) is 19.4. The van der Waals surface area contributed by atoms with Crippen LogP contribution in [0.2, 0.25) is 0 Å². The lowest BCUT2D eigenvalue weighted by Crippen LogP contribution is -2.21. The summed E-state index contributed by atoms with van der Waals surface area (Å²) in [4.78, 5) is 37.4. The van der Waals surface area contributed by atoms with E-state index in [1.165, 1.54) is 42.7 Å². The van der Waals surface area contributed by atoms with E-state index in [2.05, 4.69) is 5.32 Å². The van der Waals surface area contributed by atoms with Gasteiger partial charge < -0.3 is 19.9 Å². The molecule has 142 valence electrons. The van der Waals surface area contributed by atoms with Crippen LogP contribution in [0.5, 0.6) is 5.75 Å². The molecule has 1 aliphatic rings. The number of phenolic OH excluding ortho intramolecular Hbond substituents is 1. The summed E-state index contributed by atoms with van der Waals surface area (Å²) in [6.45, 7) is -0.483. The van der Waals surface area contributed by atoms with Crippen LogP contribution in [0, 0.1) is 0 Å². The van der Waals surface area contributed by atoms with Crippen molar-refractivity contribution in [3.05, 3.63) is 45.8 Å². The molecule has 1 heterocycles. The van der Waals surface area contributed by atoms with Gasteiger partial charge in [0, 0.05) is 4.88 Å². The molecule has 0 aliphatic heterocycles. The molecule has 2 N–H and O–H groups in total. The number of ether oxygens (including phenoxy) is 2. The number of methoxy groups -OCH3 is 1. The summed E-state index contributed by atoms with van der Waals surface area (Å²) >= 11 is 1.37. The summed E-state index contributed by atoms with van der Waals surface area (Å²) in [5.74, 6) is -1.67. The molecule has 0 saturated heterocycles. The topological polar surface area (TPSA) is 102 Å². The molecule has 3 rings (SSSR count). The number of phenols is 1. The van der Waals surface area contributed by atoms with Gasteiger partial charge in [0.25, 0.3) is 5.91 Å². The van der Waals surface area contributed by atoms with Gasteiger partial charge in [0.05, 0.1) is 18.2 Å². The highest BCUT2D eigenvalue weighted by Crippen LogP contribution is 2.38. The fourth-order valence-corrected chi connectivity index (χ4v) is 4.24. The molecule has 0 spiro atoms. The van der Waals surface area contributed by atoms with E-state index in [9.17, 15) is 19.5 Å². The Balaban J connectivity index is 1.67. The van der Waals surface area contributed by atoms with E-state index in [-0.39, 0.29) is 11.3 Å². The standard InChI is InChI=1S/C19H19NO6S/c1-25-19(24)16-13-4-2-3-5-14(13)27-17(16)20-15(22)10-26-18(23)11-6-8-12(21)9-7-11/h6-9,21H,2-5,10H2,1H3,(H,20,22). The zero-order valence-electron chi connectivity index (χ0n) is 14.7. The van der Waals surface area contributed by atoms with E-state index < -0.39 is 24.5 Å². The smallest absolute Gasteiger partial charge is 0.341 e. The first-order chi connectivity index (χ1) is 13.0. The molecule has 27 heavy (non-hydrogen) atoms. The summed E-state index contributed by atoms with van der Waals surface area (Å²) in [6, 6.07) is 5.52.